The summed E-state index contributed by atoms with van der Waals surface area (Å²) in [6, 6.07) is 7.63. The summed E-state index contributed by atoms with van der Waals surface area (Å²) in [5.74, 6) is 0.651. The molecule has 0 aliphatic heterocycles. The van der Waals surface area contributed by atoms with Crippen LogP contribution in [-0.2, 0) is 0 Å². The zero-order valence-corrected chi connectivity index (χ0v) is 15.1. The highest BCUT2D eigenvalue weighted by Gasteiger charge is 2.29. The van der Waals surface area contributed by atoms with Gasteiger partial charge in [-0.3, -0.25) is 4.90 Å². The Bertz CT molecular complexity index is 855. The van der Waals surface area contributed by atoms with Crippen LogP contribution in [0.1, 0.15) is 27.9 Å². The number of thiazole rings is 1. The van der Waals surface area contributed by atoms with E-state index in [0.717, 1.165) is 11.1 Å². The van der Waals surface area contributed by atoms with Gasteiger partial charge in [-0.25, -0.2) is 4.98 Å². The number of aromatic hydroxyl groups is 1. The van der Waals surface area contributed by atoms with Gasteiger partial charge < -0.3 is 15.3 Å². The second-order valence-corrected chi connectivity index (χ2v) is 6.89. The van der Waals surface area contributed by atoms with Crippen molar-refractivity contribution < 1.29 is 15.3 Å². The van der Waals surface area contributed by atoms with Crippen molar-refractivity contribution in [1.82, 2.24) is 19.5 Å². The molecule has 3 aromatic rings. The van der Waals surface area contributed by atoms with Gasteiger partial charge in [-0.05, 0) is 25.0 Å². The van der Waals surface area contributed by atoms with Crippen molar-refractivity contribution in [3.63, 3.8) is 0 Å². The van der Waals surface area contributed by atoms with E-state index in [1.165, 1.54) is 15.9 Å². The fourth-order valence-corrected chi connectivity index (χ4v) is 4.20. The summed E-state index contributed by atoms with van der Waals surface area (Å²) < 4.78 is 1.44. The van der Waals surface area contributed by atoms with Crippen LogP contribution >= 0.6 is 11.3 Å². The molecule has 0 saturated heterocycles. The number of aryl methyl sites for hydroxylation is 2. The number of benzene rings is 1. The Morgan fingerprint density at radius 3 is 2.44 bits per heavy atom. The minimum Gasteiger partial charge on any atom is -0.492 e. The van der Waals surface area contributed by atoms with Crippen LogP contribution < -0.4 is 0 Å². The lowest BCUT2D eigenvalue weighted by molar-refractivity contribution is 0.136. The molecule has 0 bridgehead atoms. The molecule has 1 unspecified atom stereocenters. The number of aliphatic hydroxyl groups is 2. The minimum absolute atomic E-state index is 0.0387. The van der Waals surface area contributed by atoms with E-state index < -0.39 is 0 Å². The smallest absolute Gasteiger partial charge is 0.230 e. The zero-order chi connectivity index (χ0) is 18.0. The highest BCUT2D eigenvalue weighted by molar-refractivity contribution is 7.17. The van der Waals surface area contributed by atoms with Crippen LogP contribution in [0.25, 0.3) is 4.96 Å². The Kier molecular flexibility index (Phi) is 5.33. The summed E-state index contributed by atoms with van der Waals surface area (Å²) in [5, 5.41) is 33.9. The van der Waals surface area contributed by atoms with E-state index in [-0.39, 0.29) is 25.1 Å². The fraction of sp³-hybridized carbons (Fsp3) is 0.412. The first-order valence-corrected chi connectivity index (χ1v) is 8.94. The van der Waals surface area contributed by atoms with Gasteiger partial charge in [0.25, 0.3) is 0 Å². The third-order valence-electron chi connectivity index (χ3n) is 4.18. The van der Waals surface area contributed by atoms with Gasteiger partial charge in [0.2, 0.25) is 10.8 Å². The molecule has 0 aliphatic rings. The van der Waals surface area contributed by atoms with E-state index in [1.807, 2.05) is 36.1 Å². The first-order chi connectivity index (χ1) is 12.1. The van der Waals surface area contributed by atoms with E-state index in [4.69, 9.17) is 0 Å². The Hall–Kier alpha value is -2.00. The lowest BCUT2D eigenvalue weighted by Gasteiger charge is -2.31. The van der Waals surface area contributed by atoms with Crippen LogP contribution in [0, 0.1) is 13.8 Å². The van der Waals surface area contributed by atoms with Crippen molar-refractivity contribution in [3.05, 3.63) is 46.1 Å². The van der Waals surface area contributed by atoms with Crippen LogP contribution in [-0.4, -0.2) is 61.1 Å². The molecular formula is C17H22N4O3S. The Balaban J connectivity index is 2.16. The van der Waals surface area contributed by atoms with Gasteiger partial charge in [-0.15, -0.1) is 5.10 Å². The SMILES string of the molecule is Cc1nc2sc(C(c3ccccc3C)N(CCO)CCO)c(O)n2n1. The molecule has 1 atom stereocenters. The predicted molar refractivity (Wildman–Crippen MR) is 96.0 cm³/mol. The van der Waals surface area contributed by atoms with Crippen LogP contribution in [0.2, 0.25) is 0 Å². The molecule has 7 nitrogen and oxygen atoms in total. The molecule has 1 aromatic carbocycles. The molecule has 0 fully saturated rings. The van der Waals surface area contributed by atoms with E-state index in [0.29, 0.717) is 28.8 Å². The predicted octanol–water partition coefficient (Wildman–Crippen LogP) is 1.49. The molecule has 2 aromatic heterocycles. The maximum atomic E-state index is 10.7. The second-order valence-electron chi connectivity index (χ2n) is 5.89. The number of aromatic nitrogens is 3. The molecule has 0 spiro atoms. The normalized spacial score (nSPS) is 13.0. The topological polar surface area (TPSA) is 94.1 Å². The van der Waals surface area contributed by atoms with Gasteiger partial charge >= 0.3 is 0 Å². The summed E-state index contributed by atoms with van der Waals surface area (Å²) in [4.78, 5) is 7.62. The number of fused-ring (bicyclic) bond motifs is 1. The van der Waals surface area contributed by atoms with E-state index in [1.54, 1.807) is 6.92 Å². The standard InChI is InChI=1S/C17H22N4O3S/c1-11-5-3-4-6-13(11)14(20(7-9-22)8-10-23)15-16(24)21-17(25-15)18-12(2)19-21/h3-6,14,22-24H,7-10H2,1-2H3. The van der Waals surface area contributed by atoms with Gasteiger partial charge in [0.15, 0.2) is 0 Å². The molecule has 2 heterocycles. The summed E-state index contributed by atoms with van der Waals surface area (Å²) >= 11 is 1.37. The molecule has 25 heavy (non-hydrogen) atoms. The number of aliphatic hydroxyl groups excluding tert-OH is 2. The summed E-state index contributed by atoms with van der Waals surface area (Å²) in [6.07, 6.45) is 0. The third kappa shape index (κ3) is 3.38. The molecule has 0 amide bonds. The van der Waals surface area contributed by atoms with Crippen molar-refractivity contribution in [1.29, 1.82) is 0 Å². The zero-order valence-electron chi connectivity index (χ0n) is 14.3. The summed E-state index contributed by atoms with van der Waals surface area (Å²) in [5.41, 5.74) is 2.09. The number of rotatable bonds is 7. The third-order valence-corrected chi connectivity index (χ3v) is 5.25. The lowest BCUT2D eigenvalue weighted by Crippen LogP contribution is -2.34. The molecule has 0 saturated carbocycles. The average Bonchev–Trinajstić information content (AvgIpc) is 3.08. The minimum atomic E-state index is -0.297. The highest BCUT2D eigenvalue weighted by Crippen LogP contribution is 2.40. The van der Waals surface area contributed by atoms with Crippen molar-refractivity contribution >= 4 is 16.3 Å². The van der Waals surface area contributed by atoms with Crippen LogP contribution in [0.3, 0.4) is 0 Å². The average molecular weight is 362 g/mol. The molecule has 8 heteroatoms. The van der Waals surface area contributed by atoms with Gasteiger partial charge in [0.1, 0.15) is 5.82 Å². The van der Waals surface area contributed by atoms with E-state index in [2.05, 4.69) is 10.1 Å². The van der Waals surface area contributed by atoms with Gasteiger partial charge in [0.05, 0.1) is 24.1 Å². The van der Waals surface area contributed by atoms with Gasteiger partial charge in [-0.1, -0.05) is 35.6 Å². The van der Waals surface area contributed by atoms with Crippen LogP contribution in [0.4, 0.5) is 0 Å². The molecule has 3 rings (SSSR count). The second kappa shape index (κ2) is 7.49. The van der Waals surface area contributed by atoms with Crippen LogP contribution in [0.5, 0.6) is 5.88 Å². The molecule has 0 aliphatic carbocycles. The van der Waals surface area contributed by atoms with E-state index in [9.17, 15) is 15.3 Å². The van der Waals surface area contributed by atoms with E-state index >= 15 is 0 Å². The van der Waals surface area contributed by atoms with Crippen LogP contribution in [0.15, 0.2) is 24.3 Å². The lowest BCUT2D eigenvalue weighted by atomic mass is 9.98. The first-order valence-electron chi connectivity index (χ1n) is 8.13. The maximum absolute atomic E-state index is 10.7. The van der Waals surface area contributed by atoms with Crippen molar-refractivity contribution in [3.8, 4) is 5.88 Å². The number of hydrogen-bond acceptors (Lipinski definition) is 7. The molecular weight excluding hydrogens is 340 g/mol. The first kappa shape index (κ1) is 17.8. The maximum Gasteiger partial charge on any atom is 0.230 e. The Labute approximate surface area is 149 Å². The van der Waals surface area contributed by atoms with Crippen molar-refractivity contribution in [2.75, 3.05) is 26.3 Å². The summed E-state index contributed by atoms with van der Waals surface area (Å²) in [7, 11) is 0. The number of hydrogen-bond donors (Lipinski definition) is 3. The quantitative estimate of drug-likeness (QED) is 0.590. The number of nitrogens with zero attached hydrogens (tertiary/aromatic N) is 4. The molecule has 134 valence electrons. The van der Waals surface area contributed by atoms with Crippen molar-refractivity contribution in [2.45, 2.75) is 19.9 Å². The van der Waals surface area contributed by atoms with Gasteiger partial charge in [0, 0.05) is 13.1 Å². The van der Waals surface area contributed by atoms with Crippen molar-refractivity contribution in [2.24, 2.45) is 0 Å². The van der Waals surface area contributed by atoms with Gasteiger partial charge in [-0.2, -0.15) is 4.52 Å². The monoisotopic (exact) mass is 362 g/mol. The Morgan fingerprint density at radius 1 is 1.16 bits per heavy atom. The molecule has 3 N–H and O–H groups in total. The molecule has 0 radical (unpaired) electrons. The summed E-state index contributed by atoms with van der Waals surface area (Å²) in [6.45, 7) is 4.47. The highest BCUT2D eigenvalue weighted by atomic mass is 32.1. The Morgan fingerprint density at radius 2 is 1.84 bits per heavy atom. The fourth-order valence-electron chi connectivity index (χ4n) is 3.05. The largest absolute Gasteiger partial charge is 0.492 e.